The molecule has 114 valence electrons. The molecular formula is C19H28N2. The van der Waals surface area contributed by atoms with Crippen LogP contribution in [-0.2, 0) is 0 Å². The van der Waals surface area contributed by atoms with E-state index in [-0.39, 0.29) is 0 Å². The predicted molar refractivity (Wildman–Crippen MR) is 89.7 cm³/mol. The molecule has 0 saturated carbocycles. The topological polar surface area (TPSA) is 6.48 Å². The fourth-order valence-electron chi connectivity index (χ4n) is 3.92. The van der Waals surface area contributed by atoms with Gasteiger partial charge in [-0.1, -0.05) is 23.3 Å². The molecule has 2 aliphatic carbocycles. The highest BCUT2D eigenvalue weighted by atomic mass is 15.4. The Morgan fingerprint density at radius 2 is 1.10 bits per heavy atom. The molecule has 0 radical (unpaired) electrons. The molecule has 0 unspecified atom stereocenters. The highest BCUT2D eigenvalue weighted by Gasteiger charge is 2.26. The van der Waals surface area contributed by atoms with Crippen LogP contribution in [-0.4, -0.2) is 29.6 Å². The SMILES string of the molecule is CC1=CC(C)=C(N2CCN(C3=C(C)C=C(C)CC3)C2)CC1. The van der Waals surface area contributed by atoms with Crippen molar-refractivity contribution in [3.8, 4) is 0 Å². The summed E-state index contributed by atoms with van der Waals surface area (Å²) in [4.78, 5) is 5.20. The summed E-state index contributed by atoms with van der Waals surface area (Å²) in [5.41, 5.74) is 9.15. The van der Waals surface area contributed by atoms with E-state index in [1.807, 2.05) is 0 Å². The first-order chi connectivity index (χ1) is 10.0. The van der Waals surface area contributed by atoms with Crippen LogP contribution in [0.4, 0.5) is 0 Å². The summed E-state index contributed by atoms with van der Waals surface area (Å²) in [6.07, 6.45) is 9.65. The molecule has 0 atom stereocenters. The van der Waals surface area contributed by atoms with Gasteiger partial charge in [-0.05, 0) is 64.5 Å². The normalized spacial score (nSPS) is 23.8. The standard InChI is InChI=1S/C19H28N2/c1-14-5-7-18(16(3)11-14)20-9-10-21(13-20)19-8-6-15(2)12-17(19)4/h11-12H,5-10,13H2,1-4H3. The van der Waals surface area contributed by atoms with Crippen molar-refractivity contribution in [3.63, 3.8) is 0 Å². The zero-order valence-corrected chi connectivity index (χ0v) is 14.0. The average molecular weight is 284 g/mol. The number of nitrogens with zero attached hydrogens (tertiary/aromatic N) is 2. The second kappa shape index (κ2) is 5.75. The Kier molecular flexibility index (Phi) is 3.97. The van der Waals surface area contributed by atoms with E-state index in [9.17, 15) is 0 Å². The van der Waals surface area contributed by atoms with Gasteiger partial charge < -0.3 is 9.80 Å². The van der Waals surface area contributed by atoms with Crippen molar-refractivity contribution < 1.29 is 0 Å². The van der Waals surface area contributed by atoms with Gasteiger partial charge in [0.2, 0.25) is 0 Å². The highest BCUT2D eigenvalue weighted by molar-refractivity contribution is 5.33. The molecule has 0 bridgehead atoms. The lowest BCUT2D eigenvalue weighted by Gasteiger charge is -2.30. The number of hydrogen-bond donors (Lipinski definition) is 0. The quantitative estimate of drug-likeness (QED) is 0.732. The highest BCUT2D eigenvalue weighted by Crippen LogP contribution is 2.32. The molecule has 3 aliphatic rings. The van der Waals surface area contributed by atoms with E-state index in [1.54, 1.807) is 11.4 Å². The van der Waals surface area contributed by atoms with E-state index in [1.165, 1.54) is 61.1 Å². The molecule has 0 N–H and O–H groups in total. The van der Waals surface area contributed by atoms with Crippen molar-refractivity contribution in [3.05, 3.63) is 45.8 Å². The van der Waals surface area contributed by atoms with Gasteiger partial charge in [0.15, 0.2) is 0 Å². The molecular weight excluding hydrogens is 256 g/mol. The van der Waals surface area contributed by atoms with Gasteiger partial charge in [-0.2, -0.15) is 0 Å². The van der Waals surface area contributed by atoms with Gasteiger partial charge in [-0.15, -0.1) is 0 Å². The lowest BCUT2D eigenvalue weighted by molar-refractivity contribution is 0.310. The van der Waals surface area contributed by atoms with Gasteiger partial charge in [-0.25, -0.2) is 0 Å². The van der Waals surface area contributed by atoms with Crippen LogP contribution in [0.2, 0.25) is 0 Å². The van der Waals surface area contributed by atoms with Crippen LogP contribution in [0.1, 0.15) is 53.4 Å². The van der Waals surface area contributed by atoms with Crippen LogP contribution in [0.3, 0.4) is 0 Å². The summed E-state index contributed by atoms with van der Waals surface area (Å²) >= 11 is 0. The summed E-state index contributed by atoms with van der Waals surface area (Å²) in [6, 6.07) is 0. The van der Waals surface area contributed by atoms with Gasteiger partial charge in [0.1, 0.15) is 0 Å². The van der Waals surface area contributed by atoms with Gasteiger partial charge in [0.05, 0.1) is 6.67 Å². The minimum Gasteiger partial charge on any atom is -0.355 e. The Balaban J connectivity index is 1.75. The first-order valence-electron chi connectivity index (χ1n) is 8.28. The van der Waals surface area contributed by atoms with Crippen molar-refractivity contribution in [1.82, 2.24) is 9.80 Å². The molecule has 0 amide bonds. The molecule has 2 nitrogen and oxygen atoms in total. The lowest BCUT2D eigenvalue weighted by Crippen LogP contribution is -2.27. The Morgan fingerprint density at radius 3 is 1.48 bits per heavy atom. The van der Waals surface area contributed by atoms with E-state index in [2.05, 4.69) is 49.6 Å². The van der Waals surface area contributed by atoms with Crippen LogP contribution in [0.5, 0.6) is 0 Å². The Morgan fingerprint density at radius 1 is 0.667 bits per heavy atom. The minimum absolute atomic E-state index is 1.08. The van der Waals surface area contributed by atoms with Crippen molar-refractivity contribution in [1.29, 1.82) is 0 Å². The second-order valence-electron chi connectivity index (χ2n) is 6.91. The lowest BCUT2D eigenvalue weighted by atomic mass is 9.97. The first kappa shape index (κ1) is 14.5. The average Bonchev–Trinajstić information content (AvgIpc) is 2.87. The fourth-order valence-corrected chi connectivity index (χ4v) is 3.92. The maximum Gasteiger partial charge on any atom is 0.0899 e. The molecule has 0 spiro atoms. The summed E-state index contributed by atoms with van der Waals surface area (Å²) in [5, 5.41) is 0. The van der Waals surface area contributed by atoms with Crippen molar-refractivity contribution in [2.24, 2.45) is 0 Å². The molecule has 2 heteroatoms. The molecule has 1 aliphatic heterocycles. The molecule has 0 aromatic heterocycles. The zero-order chi connectivity index (χ0) is 15.0. The summed E-state index contributed by atoms with van der Waals surface area (Å²) in [7, 11) is 0. The molecule has 21 heavy (non-hydrogen) atoms. The van der Waals surface area contributed by atoms with E-state index < -0.39 is 0 Å². The number of allylic oxidation sites excluding steroid dienone is 8. The van der Waals surface area contributed by atoms with Crippen LogP contribution in [0, 0.1) is 0 Å². The van der Waals surface area contributed by atoms with Gasteiger partial charge in [0, 0.05) is 24.5 Å². The zero-order valence-electron chi connectivity index (χ0n) is 14.0. The van der Waals surface area contributed by atoms with Gasteiger partial charge in [-0.3, -0.25) is 0 Å². The maximum atomic E-state index is 2.60. The van der Waals surface area contributed by atoms with Crippen LogP contribution in [0.15, 0.2) is 45.8 Å². The number of rotatable bonds is 2. The molecule has 0 aromatic rings. The maximum absolute atomic E-state index is 2.60. The fraction of sp³-hybridized carbons (Fsp3) is 0.579. The van der Waals surface area contributed by atoms with E-state index in [4.69, 9.17) is 0 Å². The van der Waals surface area contributed by atoms with Gasteiger partial charge in [0.25, 0.3) is 0 Å². The van der Waals surface area contributed by atoms with Crippen molar-refractivity contribution in [2.75, 3.05) is 19.8 Å². The minimum atomic E-state index is 1.08. The molecule has 1 saturated heterocycles. The molecule has 1 fully saturated rings. The summed E-state index contributed by atoms with van der Waals surface area (Å²) < 4.78 is 0. The summed E-state index contributed by atoms with van der Waals surface area (Å²) in [6.45, 7) is 12.5. The van der Waals surface area contributed by atoms with E-state index in [0.717, 1.165) is 6.67 Å². The third-order valence-electron chi connectivity index (χ3n) is 5.09. The summed E-state index contributed by atoms with van der Waals surface area (Å²) in [5.74, 6) is 0. The van der Waals surface area contributed by atoms with Crippen LogP contribution >= 0.6 is 0 Å². The second-order valence-corrected chi connectivity index (χ2v) is 6.91. The number of hydrogen-bond acceptors (Lipinski definition) is 2. The Hall–Kier alpha value is -1.44. The third kappa shape index (κ3) is 2.95. The van der Waals surface area contributed by atoms with E-state index in [0.29, 0.717) is 0 Å². The van der Waals surface area contributed by atoms with Gasteiger partial charge >= 0.3 is 0 Å². The molecule has 3 rings (SSSR count). The van der Waals surface area contributed by atoms with Crippen molar-refractivity contribution in [2.45, 2.75) is 53.4 Å². The first-order valence-corrected chi connectivity index (χ1v) is 8.28. The third-order valence-corrected chi connectivity index (χ3v) is 5.09. The molecule has 0 aromatic carbocycles. The Bertz CT molecular complexity index is 510. The van der Waals surface area contributed by atoms with Crippen LogP contribution in [0.25, 0.3) is 0 Å². The van der Waals surface area contributed by atoms with Crippen LogP contribution < -0.4 is 0 Å². The largest absolute Gasteiger partial charge is 0.355 e. The monoisotopic (exact) mass is 284 g/mol. The van der Waals surface area contributed by atoms with E-state index >= 15 is 0 Å². The molecule has 1 heterocycles. The predicted octanol–water partition coefficient (Wildman–Crippen LogP) is 4.59. The Labute approximate surface area is 129 Å². The smallest absolute Gasteiger partial charge is 0.0899 e. The van der Waals surface area contributed by atoms with Crippen molar-refractivity contribution >= 4 is 0 Å².